The number of nitrogens with one attached hydrogen (secondary N) is 3. The SMILES string of the molecule is CCC(CC)C(=O)Nc1cccc(CNC(=O)CNC(=O)OC(C)(C)C)c1. The van der Waals surface area contributed by atoms with Crippen LogP contribution in [0.3, 0.4) is 0 Å². The fourth-order valence-corrected chi connectivity index (χ4v) is 2.39. The highest BCUT2D eigenvalue weighted by Crippen LogP contribution is 2.15. The Kier molecular flexibility index (Phi) is 8.78. The highest BCUT2D eigenvalue weighted by molar-refractivity contribution is 5.92. The van der Waals surface area contributed by atoms with Gasteiger partial charge in [-0.3, -0.25) is 9.59 Å². The minimum atomic E-state index is -0.635. The Bertz CT molecular complexity index is 649. The van der Waals surface area contributed by atoms with Gasteiger partial charge in [-0.2, -0.15) is 0 Å². The van der Waals surface area contributed by atoms with Crippen molar-refractivity contribution in [3.63, 3.8) is 0 Å². The number of carbonyl (C=O) groups is 3. The van der Waals surface area contributed by atoms with E-state index >= 15 is 0 Å². The lowest BCUT2D eigenvalue weighted by Crippen LogP contribution is -2.39. The van der Waals surface area contributed by atoms with E-state index in [4.69, 9.17) is 4.74 Å². The molecular weight excluding hydrogens is 346 g/mol. The van der Waals surface area contributed by atoms with E-state index in [-0.39, 0.29) is 24.3 Å². The van der Waals surface area contributed by atoms with Crippen molar-refractivity contribution in [1.29, 1.82) is 0 Å². The summed E-state index contributed by atoms with van der Waals surface area (Å²) in [5.74, 6) is -0.331. The van der Waals surface area contributed by atoms with Crippen LogP contribution < -0.4 is 16.0 Å². The quantitative estimate of drug-likeness (QED) is 0.648. The van der Waals surface area contributed by atoms with E-state index in [0.29, 0.717) is 12.2 Å². The van der Waals surface area contributed by atoms with Gasteiger partial charge >= 0.3 is 6.09 Å². The lowest BCUT2D eigenvalue weighted by Gasteiger charge is -2.19. The third kappa shape index (κ3) is 9.08. The number of carbonyl (C=O) groups excluding carboxylic acids is 3. The maximum Gasteiger partial charge on any atom is 0.408 e. The van der Waals surface area contributed by atoms with E-state index in [1.54, 1.807) is 20.8 Å². The minimum absolute atomic E-state index is 0.00254. The summed E-state index contributed by atoms with van der Waals surface area (Å²) in [6.45, 7) is 9.37. The zero-order valence-electron chi connectivity index (χ0n) is 16.8. The summed E-state index contributed by atoms with van der Waals surface area (Å²) in [7, 11) is 0. The fourth-order valence-electron chi connectivity index (χ4n) is 2.39. The van der Waals surface area contributed by atoms with Gasteiger partial charge in [-0.05, 0) is 51.3 Å². The summed E-state index contributed by atoms with van der Waals surface area (Å²) in [5.41, 5.74) is 0.938. The van der Waals surface area contributed by atoms with Gasteiger partial charge in [0, 0.05) is 18.2 Å². The van der Waals surface area contributed by atoms with E-state index in [1.165, 1.54) is 0 Å². The molecule has 0 aliphatic carbocycles. The first-order valence-electron chi connectivity index (χ1n) is 9.28. The van der Waals surface area contributed by atoms with Gasteiger partial charge in [0.25, 0.3) is 0 Å². The lowest BCUT2D eigenvalue weighted by molar-refractivity contribution is -0.121. The molecule has 7 heteroatoms. The number of ether oxygens (including phenoxy) is 1. The van der Waals surface area contributed by atoms with Crippen LogP contribution in [0, 0.1) is 5.92 Å². The Morgan fingerprint density at radius 2 is 1.74 bits per heavy atom. The Hall–Kier alpha value is -2.57. The zero-order chi connectivity index (χ0) is 20.4. The highest BCUT2D eigenvalue weighted by Gasteiger charge is 2.17. The summed E-state index contributed by atoms with van der Waals surface area (Å²) in [5, 5.41) is 8.04. The largest absolute Gasteiger partial charge is 0.444 e. The van der Waals surface area contributed by atoms with E-state index in [2.05, 4.69) is 16.0 Å². The fraction of sp³-hybridized carbons (Fsp3) is 0.550. The molecule has 0 saturated heterocycles. The van der Waals surface area contributed by atoms with E-state index < -0.39 is 11.7 Å². The van der Waals surface area contributed by atoms with Crippen LogP contribution in [0.4, 0.5) is 10.5 Å². The number of hydrogen-bond acceptors (Lipinski definition) is 4. The Balaban J connectivity index is 2.47. The normalized spacial score (nSPS) is 11.0. The smallest absolute Gasteiger partial charge is 0.408 e. The maximum absolute atomic E-state index is 12.2. The molecule has 0 saturated carbocycles. The van der Waals surface area contributed by atoms with Crippen LogP contribution in [-0.4, -0.2) is 30.1 Å². The molecule has 27 heavy (non-hydrogen) atoms. The Morgan fingerprint density at radius 1 is 1.07 bits per heavy atom. The van der Waals surface area contributed by atoms with Crippen LogP contribution in [-0.2, 0) is 20.9 Å². The molecule has 0 aromatic heterocycles. The second-order valence-electron chi connectivity index (χ2n) is 7.34. The topological polar surface area (TPSA) is 96.5 Å². The summed E-state index contributed by atoms with van der Waals surface area (Å²) in [4.78, 5) is 35.6. The van der Waals surface area contributed by atoms with Crippen LogP contribution in [0.2, 0.25) is 0 Å². The van der Waals surface area contributed by atoms with Gasteiger partial charge in [0.15, 0.2) is 0 Å². The number of benzene rings is 1. The van der Waals surface area contributed by atoms with Gasteiger partial charge in [0.05, 0.1) is 0 Å². The molecule has 0 spiro atoms. The second-order valence-corrected chi connectivity index (χ2v) is 7.34. The molecule has 0 aliphatic rings. The minimum Gasteiger partial charge on any atom is -0.444 e. The predicted molar refractivity (Wildman–Crippen MR) is 105 cm³/mol. The van der Waals surface area contributed by atoms with Crippen molar-refractivity contribution in [2.75, 3.05) is 11.9 Å². The molecule has 3 amide bonds. The average molecular weight is 377 g/mol. The number of rotatable bonds is 8. The molecule has 150 valence electrons. The second kappa shape index (κ2) is 10.5. The van der Waals surface area contributed by atoms with Crippen molar-refractivity contribution < 1.29 is 19.1 Å². The molecule has 0 heterocycles. The van der Waals surface area contributed by atoms with Crippen LogP contribution in [0.5, 0.6) is 0 Å². The first kappa shape index (κ1) is 22.5. The third-order valence-electron chi connectivity index (χ3n) is 3.83. The van der Waals surface area contributed by atoms with Gasteiger partial charge in [-0.1, -0.05) is 26.0 Å². The Labute approximate surface area is 161 Å². The molecule has 0 radical (unpaired) electrons. The molecule has 7 nitrogen and oxygen atoms in total. The molecule has 0 bridgehead atoms. The monoisotopic (exact) mass is 377 g/mol. The summed E-state index contributed by atoms with van der Waals surface area (Å²) in [6.07, 6.45) is 0.953. The third-order valence-corrected chi connectivity index (χ3v) is 3.83. The molecule has 0 unspecified atom stereocenters. The van der Waals surface area contributed by atoms with E-state index in [9.17, 15) is 14.4 Å². The molecule has 3 N–H and O–H groups in total. The molecule has 0 fully saturated rings. The number of amides is 3. The predicted octanol–water partition coefficient (Wildman–Crippen LogP) is 3.20. The van der Waals surface area contributed by atoms with Crippen LogP contribution in [0.25, 0.3) is 0 Å². The molecule has 0 aliphatic heterocycles. The zero-order valence-corrected chi connectivity index (χ0v) is 16.8. The molecule has 1 aromatic carbocycles. The summed E-state index contributed by atoms with van der Waals surface area (Å²) < 4.78 is 5.07. The highest BCUT2D eigenvalue weighted by atomic mass is 16.6. The standard InChI is InChI=1S/C20H31N3O4/c1-6-15(7-2)18(25)23-16-10-8-9-14(11-16)12-21-17(24)13-22-19(26)27-20(3,4)5/h8-11,15H,6-7,12-13H2,1-5H3,(H,21,24)(H,22,26)(H,23,25). The van der Waals surface area contributed by atoms with Crippen LogP contribution >= 0.6 is 0 Å². The van der Waals surface area contributed by atoms with Gasteiger partial charge < -0.3 is 20.7 Å². The summed E-state index contributed by atoms with van der Waals surface area (Å²) >= 11 is 0. The Morgan fingerprint density at radius 3 is 2.33 bits per heavy atom. The van der Waals surface area contributed by atoms with Crippen LogP contribution in [0.15, 0.2) is 24.3 Å². The molecule has 0 atom stereocenters. The van der Waals surface area contributed by atoms with Crippen molar-refractivity contribution in [2.45, 2.75) is 59.6 Å². The number of hydrogen-bond donors (Lipinski definition) is 3. The van der Waals surface area contributed by atoms with Crippen molar-refractivity contribution in [1.82, 2.24) is 10.6 Å². The van der Waals surface area contributed by atoms with Gasteiger partial charge in [-0.15, -0.1) is 0 Å². The number of anilines is 1. The first-order valence-corrected chi connectivity index (χ1v) is 9.28. The number of alkyl carbamates (subject to hydrolysis) is 1. The molecule has 1 rings (SSSR count). The summed E-state index contributed by atoms with van der Waals surface area (Å²) in [6, 6.07) is 7.31. The van der Waals surface area contributed by atoms with Gasteiger partial charge in [0.2, 0.25) is 11.8 Å². The maximum atomic E-state index is 12.2. The molecular formula is C20H31N3O4. The van der Waals surface area contributed by atoms with Gasteiger partial charge in [-0.25, -0.2) is 4.79 Å². The first-order chi connectivity index (χ1) is 12.6. The van der Waals surface area contributed by atoms with Crippen molar-refractivity contribution in [3.8, 4) is 0 Å². The van der Waals surface area contributed by atoms with Crippen molar-refractivity contribution in [2.24, 2.45) is 5.92 Å². The van der Waals surface area contributed by atoms with E-state index in [0.717, 1.165) is 18.4 Å². The van der Waals surface area contributed by atoms with Crippen LogP contribution in [0.1, 0.15) is 53.0 Å². The molecule has 1 aromatic rings. The van der Waals surface area contributed by atoms with Crippen molar-refractivity contribution in [3.05, 3.63) is 29.8 Å². The average Bonchev–Trinajstić information content (AvgIpc) is 2.58. The van der Waals surface area contributed by atoms with E-state index in [1.807, 2.05) is 38.1 Å². The van der Waals surface area contributed by atoms with Gasteiger partial charge in [0.1, 0.15) is 12.1 Å². The lowest BCUT2D eigenvalue weighted by atomic mass is 10.0. The van der Waals surface area contributed by atoms with Crippen molar-refractivity contribution >= 4 is 23.6 Å².